The summed E-state index contributed by atoms with van der Waals surface area (Å²) in [5, 5.41) is 19.8. The van der Waals surface area contributed by atoms with Crippen LogP contribution in [0.1, 0.15) is 11.1 Å². The number of nitriles is 1. The van der Waals surface area contributed by atoms with E-state index < -0.39 is 4.92 Å². The van der Waals surface area contributed by atoms with Crippen molar-refractivity contribution >= 4 is 5.69 Å². The Morgan fingerprint density at radius 3 is 2.79 bits per heavy atom. The number of hydrogen-bond acceptors (Lipinski definition) is 5. The molecule has 1 aliphatic rings. The van der Waals surface area contributed by atoms with E-state index >= 15 is 0 Å². The van der Waals surface area contributed by atoms with Gasteiger partial charge in [0.2, 0.25) is 0 Å². The smallest absolute Gasteiger partial charge is 0.273 e. The average molecular weight is 261 g/mol. The lowest BCUT2D eigenvalue weighted by Crippen LogP contribution is -2.37. The van der Waals surface area contributed by atoms with Crippen molar-refractivity contribution in [2.24, 2.45) is 0 Å². The zero-order valence-electron chi connectivity index (χ0n) is 10.5. The maximum absolute atomic E-state index is 11.0. The number of benzene rings is 1. The summed E-state index contributed by atoms with van der Waals surface area (Å²) in [4.78, 5) is 12.8. The van der Waals surface area contributed by atoms with Crippen LogP contribution in [0.2, 0.25) is 0 Å². The van der Waals surface area contributed by atoms with Gasteiger partial charge in [-0.05, 0) is 12.5 Å². The van der Waals surface area contributed by atoms with E-state index in [1.807, 2.05) is 6.07 Å². The van der Waals surface area contributed by atoms with Crippen molar-refractivity contribution < 1.29 is 9.66 Å². The molecule has 0 spiro atoms. The van der Waals surface area contributed by atoms with Crippen LogP contribution in [0.15, 0.2) is 18.2 Å². The van der Waals surface area contributed by atoms with E-state index in [4.69, 9.17) is 10.00 Å². The highest BCUT2D eigenvalue weighted by molar-refractivity contribution is 5.47. The van der Waals surface area contributed by atoms with Crippen LogP contribution < -0.4 is 0 Å². The fourth-order valence-electron chi connectivity index (χ4n) is 2.12. The quantitative estimate of drug-likeness (QED) is 0.603. The Bertz CT molecular complexity index is 504. The number of morpholine rings is 1. The predicted molar refractivity (Wildman–Crippen MR) is 68.8 cm³/mol. The van der Waals surface area contributed by atoms with Crippen LogP contribution in [0.3, 0.4) is 0 Å². The molecule has 2 rings (SSSR count). The molecule has 100 valence electrons. The molecule has 1 aromatic carbocycles. The Morgan fingerprint density at radius 2 is 2.16 bits per heavy atom. The first-order valence-electron chi connectivity index (χ1n) is 6.18. The van der Waals surface area contributed by atoms with E-state index in [-0.39, 0.29) is 5.69 Å². The SMILES string of the molecule is N#Cc1ccc(CCN2CCOCC2)c([N+](=O)[O-])c1. The molecule has 0 radical (unpaired) electrons. The van der Waals surface area contributed by atoms with Gasteiger partial charge >= 0.3 is 0 Å². The van der Waals surface area contributed by atoms with E-state index in [1.54, 1.807) is 12.1 Å². The van der Waals surface area contributed by atoms with Gasteiger partial charge in [-0.1, -0.05) is 6.07 Å². The van der Waals surface area contributed by atoms with Crippen molar-refractivity contribution in [1.29, 1.82) is 5.26 Å². The lowest BCUT2D eigenvalue weighted by atomic mass is 10.1. The second-order valence-electron chi connectivity index (χ2n) is 4.42. The largest absolute Gasteiger partial charge is 0.379 e. The fourth-order valence-corrected chi connectivity index (χ4v) is 2.12. The van der Waals surface area contributed by atoms with Gasteiger partial charge in [-0.2, -0.15) is 5.26 Å². The van der Waals surface area contributed by atoms with Gasteiger partial charge in [-0.25, -0.2) is 0 Å². The Morgan fingerprint density at radius 1 is 1.42 bits per heavy atom. The lowest BCUT2D eigenvalue weighted by Gasteiger charge is -2.26. The molecule has 19 heavy (non-hydrogen) atoms. The minimum atomic E-state index is -0.421. The molecule has 6 nitrogen and oxygen atoms in total. The molecule has 0 N–H and O–H groups in total. The summed E-state index contributed by atoms with van der Waals surface area (Å²) in [5.74, 6) is 0. The second kappa shape index (κ2) is 6.27. The highest BCUT2D eigenvalue weighted by Crippen LogP contribution is 2.21. The first-order chi connectivity index (χ1) is 9.20. The fraction of sp³-hybridized carbons (Fsp3) is 0.462. The maximum atomic E-state index is 11.0. The van der Waals surface area contributed by atoms with Crippen LogP contribution in [0.4, 0.5) is 5.69 Å². The van der Waals surface area contributed by atoms with E-state index in [0.717, 1.165) is 32.8 Å². The average Bonchev–Trinajstić information content (AvgIpc) is 2.46. The number of nitrogens with zero attached hydrogens (tertiary/aromatic N) is 3. The number of rotatable bonds is 4. The number of nitro benzene ring substituents is 1. The van der Waals surface area contributed by atoms with Gasteiger partial charge in [0.05, 0.1) is 29.8 Å². The van der Waals surface area contributed by atoms with Crippen LogP contribution in [0.5, 0.6) is 0 Å². The molecule has 1 fully saturated rings. The number of hydrogen-bond donors (Lipinski definition) is 0. The van der Waals surface area contributed by atoms with Crippen LogP contribution in [0, 0.1) is 21.4 Å². The minimum absolute atomic E-state index is 0.0345. The van der Waals surface area contributed by atoms with Gasteiger partial charge in [0.1, 0.15) is 0 Å². The summed E-state index contributed by atoms with van der Waals surface area (Å²) >= 11 is 0. The second-order valence-corrected chi connectivity index (χ2v) is 4.42. The molecule has 1 saturated heterocycles. The highest BCUT2D eigenvalue weighted by atomic mass is 16.6. The maximum Gasteiger partial charge on any atom is 0.273 e. The topological polar surface area (TPSA) is 79.4 Å². The Balaban J connectivity index is 2.06. The molecule has 0 aliphatic carbocycles. The predicted octanol–water partition coefficient (Wildman–Crippen LogP) is 1.34. The number of ether oxygens (including phenoxy) is 1. The third-order valence-electron chi connectivity index (χ3n) is 3.21. The van der Waals surface area contributed by atoms with Gasteiger partial charge in [-0.15, -0.1) is 0 Å². The van der Waals surface area contributed by atoms with Crippen LogP contribution in [-0.4, -0.2) is 42.7 Å². The van der Waals surface area contributed by atoms with Crippen molar-refractivity contribution in [3.05, 3.63) is 39.4 Å². The Hall–Kier alpha value is -1.97. The molecule has 0 saturated carbocycles. The van der Waals surface area contributed by atoms with E-state index in [0.29, 0.717) is 17.5 Å². The molecule has 1 aliphatic heterocycles. The molecule has 0 amide bonds. The first kappa shape index (κ1) is 13.5. The van der Waals surface area contributed by atoms with Crippen molar-refractivity contribution in [2.75, 3.05) is 32.8 Å². The normalized spacial score (nSPS) is 15.9. The summed E-state index contributed by atoms with van der Waals surface area (Å²) in [6, 6.07) is 6.57. The highest BCUT2D eigenvalue weighted by Gasteiger charge is 2.16. The van der Waals surface area contributed by atoms with Crippen LogP contribution in [0.25, 0.3) is 0 Å². The zero-order chi connectivity index (χ0) is 13.7. The van der Waals surface area contributed by atoms with Crippen molar-refractivity contribution in [1.82, 2.24) is 4.90 Å². The number of nitro groups is 1. The summed E-state index contributed by atoms with van der Waals surface area (Å²) in [6.07, 6.45) is 0.613. The van der Waals surface area contributed by atoms with E-state index in [9.17, 15) is 10.1 Å². The lowest BCUT2D eigenvalue weighted by molar-refractivity contribution is -0.385. The van der Waals surface area contributed by atoms with E-state index in [2.05, 4.69) is 4.90 Å². The summed E-state index contributed by atoms with van der Waals surface area (Å²) in [6.45, 7) is 3.94. The van der Waals surface area contributed by atoms with Crippen molar-refractivity contribution in [3.63, 3.8) is 0 Å². The van der Waals surface area contributed by atoms with Crippen molar-refractivity contribution in [2.45, 2.75) is 6.42 Å². The molecule has 1 aromatic rings. The molecule has 1 heterocycles. The molecule has 0 unspecified atom stereocenters. The zero-order valence-corrected chi connectivity index (χ0v) is 10.5. The third-order valence-corrected chi connectivity index (χ3v) is 3.21. The van der Waals surface area contributed by atoms with Gasteiger partial charge in [0.15, 0.2) is 0 Å². The molecule has 0 atom stereocenters. The molecular weight excluding hydrogens is 246 g/mol. The molecule has 0 aromatic heterocycles. The van der Waals surface area contributed by atoms with Crippen molar-refractivity contribution in [3.8, 4) is 6.07 Å². The van der Waals surface area contributed by atoms with Gasteiger partial charge in [0, 0.05) is 31.3 Å². The van der Waals surface area contributed by atoms with E-state index in [1.165, 1.54) is 6.07 Å². The minimum Gasteiger partial charge on any atom is -0.379 e. The Kier molecular flexibility index (Phi) is 4.44. The third kappa shape index (κ3) is 3.50. The van der Waals surface area contributed by atoms with Gasteiger partial charge < -0.3 is 4.74 Å². The van der Waals surface area contributed by atoms with Crippen LogP contribution in [-0.2, 0) is 11.2 Å². The monoisotopic (exact) mass is 261 g/mol. The summed E-state index contributed by atoms with van der Waals surface area (Å²) < 4.78 is 5.26. The standard InChI is InChI=1S/C13H15N3O3/c14-10-11-1-2-12(13(9-11)16(17)18)3-4-15-5-7-19-8-6-15/h1-2,9H,3-8H2. The first-order valence-corrected chi connectivity index (χ1v) is 6.18. The summed E-state index contributed by atoms with van der Waals surface area (Å²) in [5.41, 5.74) is 1.03. The summed E-state index contributed by atoms with van der Waals surface area (Å²) in [7, 11) is 0. The van der Waals surface area contributed by atoms with Gasteiger partial charge in [0.25, 0.3) is 5.69 Å². The Labute approximate surface area is 111 Å². The molecule has 6 heteroatoms. The molecule has 0 bridgehead atoms. The van der Waals surface area contributed by atoms with Crippen LogP contribution >= 0.6 is 0 Å². The van der Waals surface area contributed by atoms with Gasteiger partial charge in [-0.3, -0.25) is 15.0 Å². The molecular formula is C13H15N3O3.